The fraction of sp³-hybridized carbons (Fsp3) is 0.750. The van der Waals surface area contributed by atoms with Crippen LogP contribution < -0.4 is 0 Å². The van der Waals surface area contributed by atoms with Crippen LogP contribution in [0, 0.1) is 0 Å². The van der Waals surface area contributed by atoms with Crippen LogP contribution in [-0.2, 0) is 4.79 Å². The number of carbonyl (C=O) groups is 1. The SMILES string of the molecule is C=CCCCCCCCCC(Cl)C=O. The summed E-state index contributed by atoms with van der Waals surface area (Å²) in [5.41, 5.74) is 0. The molecule has 2 heteroatoms. The van der Waals surface area contributed by atoms with Crippen LogP contribution >= 0.6 is 11.6 Å². The lowest BCUT2D eigenvalue weighted by Crippen LogP contribution is -1.98. The highest BCUT2D eigenvalue weighted by Crippen LogP contribution is 2.11. The van der Waals surface area contributed by atoms with Gasteiger partial charge in [0.2, 0.25) is 0 Å². The van der Waals surface area contributed by atoms with E-state index in [9.17, 15) is 4.79 Å². The molecule has 0 rings (SSSR count). The summed E-state index contributed by atoms with van der Waals surface area (Å²) < 4.78 is 0. The van der Waals surface area contributed by atoms with Gasteiger partial charge in [0, 0.05) is 0 Å². The topological polar surface area (TPSA) is 17.1 Å². The second-order valence-electron chi connectivity index (χ2n) is 3.64. The number of unbranched alkanes of at least 4 members (excludes halogenated alkanes) is 6. The Bertz CT molecular complexity index is 145. The third-order valence-corrected chi connectivity index (χ3v) is 2.61. The Morgan fingerprint density at radius 3 is 2.21 bits per heavy atom. The molecule has 0 aliphatic rings. The van der Waals surface area contributed by atoms with Gasteiger partial charge in [-0.05, 0) is 19.3 Å². The van der Waals surface area contributed by atoms with Crippen LogP contribution in [0.5, 0.6) is 0 Å². The van der Waals surface area contributed by atoms with Gasteiger partial charge in [0.05, 0.1) is 5.38 Å². The zero-order chi connectivity index (χ0) is 10.6. The molecule has 0 aliphatic heterocycles. The average molecular weight is 217 g/mol. The lowest BCUT2D eigenvalue weighted by molar-refractivity contribution is -0.107. The lowest BCUT2D eigenvalue weighted by Gasteiger charge is -2.01. The summed E-state index contributed by atoms with van der Waals surface area (Å²) in [6.45, 7) is 3.69. The Labute approximate surface area is 92.5 Å². The van der Waals surface area contributed by atoms with E-state index in [0.29, 0.717) is 0 Å². The highest BCUT2D eigenvalue weighted by Gasteiger charge is 2.00. The molecule has 82 valence electrons. The Kier molecular flexibility index (Phi) is 10.5. The van der Waals surface area contributed by atoms with Crippen molar-refractivity contribution in [3.63, 3.8) is 0 Å². The molecule has 1 atom stereocenters. The third-order valence-electron chi connectivity index (χ3n) is 2.29. The number of hydrogen-bond donors (Lipinski definition) is 0. The van der Waals surface area contributed by atoms with E-state index in [1.54, 1.807) is 0 Å². The van der Waals surface area contributed by atoms with Gasteiger partial charge in [-0.1, -0.05) is 38.2 Å². The average Bonchev–Trinajstić information content (AvgIpc) is 2.21. The van der Waals surface area contributed by atoms with Gasteiger partial charge in [-0.2, -0.15) is 0 Å². The lowest BCUT2D eigenvalue weighted by atomic mass is 10.1. The minimum absolute atomic E-state index is 0.268. The number of rotatable bonds is 10. The van der Waals surface area contributed by atoms with Crippen molar-refractivity contribution in [1.29, 1.82) is 0 Å². The largest absolute Gasteiger partial charge is 0.302 e. The minimum atomic E-state index is -0.268. The maximum Gasteiger partial charge on any atom is 0.137 e. The monoisotopic (exact) mass is 216 g/mol. The van der Waals surface area contributed by atoms with Gasteiger partial charge in [0.15, 0.2) is 0 Å². The molecule has 1 unspecified atom stereocenters. The standard InChI is InChI=1S/C12H21ClO/c1-2-3-4-5-6-7-8-9-10-12(13)11-14/h2,11-12H,1,3-10H2. The normalized spacial score (nSPS) is 12.4. The molecule has 0 amide bonds. The number of alkyl halides is 1. The number of carbonyl (C=O) groups excluding carboxylic acids is 1. The van der Waals surface area contributed by atoms with Crippen molar-refractivity contribution in [3.05, 3.63) is 12.7 Å². The van der Waals surface area contributed by atoms with E-state index in [4.69, 9.17) is 11.6 Å². The Morgan fingerprint density at radius 2 is 1.64 bits per heavy atom. The number of halogens is 1. The molecule has 0 aromatic rings. The molecule has 0 radical (unpaired) electrons. The molecule has 14 heavy (non-hydrogen) atoms. The van der Waals surface area contributed by atoms with Gasteiger partial charge in [-0.25, -0.2) is 0 Å². The summed E-state index contributed by atoms with van der Waals surface area (Å²) in [6.07, 6.45) is 12.2. The second-order valence-corrected chi connectivity index (χ2v) is 4.20. The molecule has 0 fully saturated rings. The predicted octanol–water partition coefficient (Wildman–Crippen LogP) is 4.10. The first kappa shape index (κ1) is 13.7. The first-order valence-corrected chi connectivity index (χ1v) is 5.95. The fourth-order valence-electron chi connectivity index (χ4n) is 1.40. The van der Waals surface area contributed by atoms with Crippen molar-refractivity contribution in [2.24, 2.45) is 0 Å². The van der Waals surface area contributed by atoms with E-state index < -0.39 is 0 Å². The van der Waals surface area contributed by atoms with Gasteiger partial charge < -0.3 is 4.79 Å². The van der Waals surface area contributed by atoms with E-state index in [1.807, 2.05) is 6.08 Å². The highest BCUT2D eigenvalue weighted by molar-refractivity contribution is 6.27. The maximum atomic E-state index is 10.2. The molecule has 0 aromatic heterocycles. The smallest absolute Gasteiger partial charge is 0.137 e. The van der Waals surface area contributed by atoms with Crippen LogP contribution in [0.25, 0.3) is 0 Å². The first-order valence-electron chi connectivity index (χ1n) is 5.51. The molecule has 0 spiro atoms. The van der Waals surface area contributed by atoms with Crippen molar-refractivity contribution >= 4 is 17.9 Å². The van der Waals surface area contributed by atoms with Crippen molar-refractivity contribution in [3.8, 4) is 0 Å². The quantitative estimate of drug-likeness (QED) is 0.233. The third kappa shape index (κ3) is 9.79. The summed E-state index contributed by atoms with van der Waals surface area (Å²) in [7, 11) is 0. The van der Waals surface area contributed by atoms with Crippen molar-refractivity contribution in [1.82, 2.24) is 0 Å². The van der Waals surface area contributed by atoms with E-state index in [1.165, 1.54) is 32.1 Å². The van der Waals surface area contributed by atoms with Crippen LogP contribution in [0.15, 0.2) is 12.7 Å². The molecule has 1 nitrogen and oxygen atoms in total. The Hall–Kier alpha value is -0.300. The van der Waals surface area contributed by atoms with Crippen molar-refractivity contribution in [2.75, 3.05) is 0 Å². The fourth-order valence-corrected chi connectivity index (χ4v) is 1.56. The van der Waals surface area contributed by atoms with Gasteiger partial charge in [0.25, 0.3) is 0 Å². The summed E-state index contributed by atoms with van der Waals surface area (Å²) >= 11 is 5.67. The number of allylic oxidation sites excluding steroid dienone is 1. The zero-order valence-electron chi connectivity index (χ0n) is 8.88. The van der Waals surface area contributed by atoms with Gasteiger partial charge in [-0.15, -0.1) is 18.2 Å². The molecule has 0 saturated carbocycles. The summed E-state index contributed by atoms with van der Waals surface area (Å²) in [4.78, 5) is 10.2. The van der Waals surface area contributed by atoms with Crippen LogP contribution in [0.3, 0.4) is 0 Å². The Morgan fingerprint density at radius 1 is 1.07 bits per heavy atom. The van der Waals surface area contributed by atoms with Gasteiger partial charge >= 0.3 is 0 Å². The van der Waals surface area contributed by atoms with Gasteiger partial charge in [0.1, 0.15) is 6.29 Å². The van der Waals surface area contributed by atoms with Crippen molar-refractivity contribution in [2.45, 2.75) is 56.7 Å². The van der Waals surface area contributed by atoms with E-state index in [-0.39, 0.29) is 5.38 Å². The highest BCUT2D eigenvalue weighted by atomic mass is 35.5. The van der Waals surface area contributed by atoms with Crippen LogP contribution in [0.4, 0.5) is 0 Å². The first-order chi connectivity index (χ1) is 6.81. The summed E-state index contributed by atoms with van der Waals surface area (Å²) in [5, 5.41) is -0.268. The molecular formula is C12H21ClO. The second kappa shape index (κ2) is 10.8. The number of hydrogen-bond acceptors (Lipinski definition) is 1. The van der Waals surface area contributed by atoms with E-state index in [2.05, 4.69) is 6.58 Å². The Balaban J connectivity index is 2.98. The molecular weight excluding hydrogens is 196 g/mol. The molecule has 0 bridgehead atoms. The molecule has 0 saturated heterocycles. The van der Waals surface area contributed by atoms with Crippen molar-refractivity contribution < 1.29 is 4.79 Å². The van der Waals surface area contributed by atoms with Crippen LogP contribution in [-0.4, -0.2) is 11.7 Å². The molecule has 0 aliphatic carbocycles. The molecule has 0 heterocycles. The van der Waals surface area contributed by atoms with Gasteiger partial charge in [-0.3, -0.25) is 0 Å². The molecule has 0 aromatic carbocycles. The predicted molar refractivity (Wildman–Crippen MR) is 62.8 cm³/mol. The van der Waals surface area contributed by atoms with E-state index >= 15 is 0 Å². The maximum absolute atomic E-state index is 10.2. The summed E-state index contributed by atoms with van der Waals surface area (Å²) in [6, 6.07) is 0. The molecule has 0 N–H and O–H groups in total. The van der Waals surface area contributed by atoms with Crippen LogP contribution in [0.1, 0.15) is 51.4 Å². The number of aldehydes is 1. The van der Waals surface area contributed by atoms with Crippen LogP contribution in [0.2, 0.25) is 0 Å². The zero-order valence-corrected chi connectivity index (χ0v) is 9.64. The van der Waals surface area contributed by atoms with E-state index in [0.717, 1.165) is 25.5 Å². The summed E-state index contributed by atoms with van der Waals surface area (Å²) in [5.74, 6) is 0. The minimum Gasteiger partial charge on any atom is -0.302 e.